The molecule has 0 radical (unpaired) electrons. The number of carbonyl (C=O) groups excluding carboxylic acids is 2. The van der Waals surface area contributed by atoms with Crippen LogP contribution in [0.5, 0.6) is 0 Å². The van der Waals surface area contributed by atoms with Gasteiger partial charge in [0.1, 0.15) is 0 Å². The molecule has 6 nitrogen and oxygen atoms in total. The van der Waals surface area contributed by atoms with Crippen LogP contribution in [-0.4, -0.2) is 33.0 Å². The van der Waals surface area contributed by atoms with Crippen molar-refractivity contribution in [3.63, 3.8) is 0 Å². The molecule has 0 saturated heterocycles. The van der Waals surface area contributed by atoms with Crippen LogP contribution >= 0.6 is 0 Å². The van der Waals surface area contributed by atoms with Gasteiger partial charge in [0, 0.05) is 41.2 Å². The number of hydrogen-bond donors (Lipinski definition) is 0. The molecule has 3 aromatic heterocycles. The van der Waals surface area contributed by atoms with Crippen molar-refractivity contribution in [1.29, 1.82) is 0 Å². The van der Waals surface area contributed by atoms with Crippen molar-refractivity contribution < 1.29 is 14.3 Å². The van der Waals surface area contributed by atoms with Gasteiger partial charge in [-0.1, -0.05) is 6.92 Å². The lowest BCUT2D eigenvalue weighted by atomic mass is 9.94. The second-order valence-electron chi connectivity index (χ2n) is 7.44. The summed E-state index contributed by atoms with van der Waals surface area (Å²) in [6.45, 7) is 7.91. The van der Waals surface area contributed by atoms with Gasteiger partial charge in [0.15, 0.2) is 5.78 Å². The van der Waals surface area contributed by atoms with Gasteiger partial charge in [-0.15, -0.1) is 0 Å². The van der Waals surface area contributed by atoms with Gasteiger partial charge in [0.2, 0.25) is 0 Å². The van der Waals surface area contributed by atoms with Crippen LogP contribution in [0.4, 0.5) is 0 Å². The molecule has 0 aromatic carbocycles. The Balaban J connectivity index is 2.02. The summed E-state index contributed by atoms with van der Waals surface area (Å²) in [6.07, 6.45) is 7.12. The molecule has 30 heavy (non-hydrogen) atoms. The Kier molecular flexibility index (Phi) is 6.98. The quantitative estimate of drug-likeness (QED) is 0.291. The van der Waals surface area contributed by atoms with E-state index in [2.05, 4.69) is 24.0 Å². The van der Waals surface area contributed by atoms with E-state index in [1.807, 2.05) is 30.6 Å². The summed E-state index contributed by atoms with van der Waals surface area (Å²) in [5, 5.41) is 4.83. The van der Waals surface area contributed by atoms with E-state index in [4.69, 9.17) is 9.84 Å². The highest BCUT2D eigenvalue weighted by molar-refractivity contribution is 5.96. The van der Waals surface area contributed by atoms with Crippen molar-refractivity contribution in [1.82, 2.24) is 14.6 Å². The molecular weight excluding hydrogens is 378 g/mol. The van der Waals surface area contributed by atoms with Crippen molar-refractivity contribution in [2.45, 2.75) is 59.8 Å². The van der Waals surface area contributed by atoms with Crippen LogP contribution in [0.25, 0.3) is 16.6 Å². The van der Waals surface area contributed by atoms with Gasteiger partial charge in [-0.05, 0) is 70.2 Å². The van der Waals surface area contributed by atoms with Gasteiger partial charge >= 0.3 is 5.97 Å². The van der Waals surface area contributed by atoms with Gasteiger partial charge in [-0.3, -0.25) is 14.6 Å². The number of carbonyl (C=O) groups is 2. The third-order valence-electron chi connectivity index (χ3n) is 5.34. The first kappa shape index (κ1) is 21.7. The second kappa shape index (κ2) is 9.65. The molecule has 0 amide bonds. The third-order valence-corrected chi connectivity index (χ3v) is 5.34. The van der Waals surface area contributed by atoms with E-state index in [0.717, 1.165) is 59.3 Å². The molecule has 158 valence electrons. The van der Waals surface area contributed by atoms with Crippen LogP contribution in [0.1, 0.15) is 67.3 Å². The number of unbranched alkanes of at least 4 members (excludes halogenated alkanes) is 1. The van der Waals surface area contributed by atoms with E-state index in [0.29, 0.717) is 18.6 Å². The van der Waals surface area contributed by atoms with E-state index in [-0.39, 0.29) is 11.8 Å². The number of esters is 1. The molecule has 0 saturated carbocycles. The van der Waals surface area contributed by atoms with Crippen LogP contribution in [0.15, 0.2) is 30.6 Å². The molecule has 0 aliphatic carbocycles. The minimum absolute atomic E-state index is 0.00763. The Bertz CT molecular complexity index is 1070. The fourth-order valence-corrected chi connectivity index (χ4v) is 3.79. The maximum atomic E-state index is 11.9. The van der Waals surface area contributed by atoms with Crippen molar-refractivity contribution in [2.75, 3.05) is 6.61 Å². The number of pyridine rings is 1. The topological polar surface area (TPSA) is 73.6 Å². The SMILES string of the molecule is CCOC(=O)CCCCc1c(C)nn2c(CC)ccc2c1-c1cncc(C(C)=O)c1. The maximum absolute atomic E-state index is 11.9. The van der Waals surface area contributed by atoms with Gasteiger partial charge in [-0.2, -0.15) is 5.10 Å². The molecule has 3 rings (SSSR count). The summed E-state index contributed by atoms with van der Waals surface area (Å²) in [4.78, 5) is 27.9. The summed E-state index contributed by atoms with van der Waals surface area (Å²) >= 11 is 0. The zero-order chi connectivity index (χ0) is 21.7. The Labute approximate surface area is 177 Å². The zero-order valence-corrected chi connectivity index (χ0v) is 18.2. The van der Waals surface area contributed by atoms with Gasteiger partial charge in [-0.25, -0.2) is 4.52 Å². The highest BCUT2D eigenvalue weighted by atomic mass is 16.5. The number of aromatic nitrogens is 3. The molecule has 0 aliphatic rings. The third kappa shape index (κ3) is 4.58. The van der Waals surface area contributed by atoms with Crippen molar-refractivity contribution in [3.05, 3.63) is 53.1 Å². The molecule has 0 fully saturated rings. The molecule has 0 N–H and O–H groups in total. The van der Waals surface area contributed by atoms with Crippen LogP contribution in [-0.2, 0) is 22.4 Å². The highest BCUT2D eigenvalue weighted by Crippen LogP contribution is 2.32. The number of hydrogen-bond acceptors (Lipinski definition) is 5. The zero-order valence-electron chi connectivity index (χ0n) is 18.2. The van der Waals surface area contributed by atoms with Crippen molar-refractivity contribution in [2.24, 2.45) is 0 Å². The molecule has 0 unspecified atom stereocenters. The van der Waals surface area contributed by atoms with Crippen LogP contribution in [0, 0.1) is 6.92 Å². The van der Waals surface area contributed by atoms with E-state index in [9.17, 15) is 9.59 Å². The lowest BCUT2D eigenvalue weighted by Crippen LogP contribution is -2.07. The monoisotopic (exact) mass is 407 g/mol. The minimum Gasteiger partial charge on any atom is -0.466 e. The second-order valence-corrected chi connectivity index (χ2v) is 7.44. The standard InChI is InChI=1S/C24H29N3O3/c1-5-20-11-12-22-24(19-13-18(17(4)28)14-25-15-19)21(16(3)26-27(20)22)9-7-8-10-23(29)30-6-2/h11-15H,5-10H2,1-4H3. The van der Waals surface area contributed by atoms with Gasteiger partial charge in [0.25, 0.3) is 0 Å². The molecule has 0 spiro atoms. The van der Waals surface area contributed by atoms with Crippen molar-refractivity contribution >= 4 is 17.3 Å². The highest BCUT2D eigenvalue weighted by Gasteiger charge is 2.18. The first-order valence-corrected chi connectivity index (χ1v) is 10.6. The predicted molar refractivity (Wildman–Crippen MR) is 117 cm³/mol. The lowest BCUT2D eigenvalue weighted by molar-refractivity contribution is -0.143. The fourth-order valence-electron chi connectivity index (χ4n) is 3.79. The molecular formula is C24H29N3O3. The van der Waals surface area contributed by atoms with Gasteiger partial charge in [0.05, 0.1) is 17.8 Å². The van der Waals surface area contributed by atoms with Gasteiger partial charge < -0.3 is 4.74 Å². The van der Waals surface area contributed by atoms with Crippen LogP contribution in [0.2, 0.25) is 0 Å². The summed E-state index contributed by atoms with van der Waals surface area (Å²) in [7, 11) is 0. The summed E-state index contributed by atoms with van der Waals surface area (Å²) in [5.74, 6) is -0.160. The number of Topliss-reactive ketones (excluding diaryl/α,β-unsaturated/α-hetero) is 1. The van der Waals surface area contributed by atoms with Crippen LogP contribution < -0.4 is 0 Å². The van der Waals surface area contributed by atoms with E-state index >= 15 is 0 Å². The Hall–Kier alpha value is -3.02. The average Bonchev–Trinajstić information content (AvgIpc) is 3.13. The van der Waals surface area contributed by atoms with E-state index in [1.165, 1.54) is 0 Å². The largest absolute Gasteiger partial charge is 0.466 e. The Morgan fingerprint density at radius 2 is 1.93 bits per heavy atom. The molecule has 0 bridgehead atoms. The predicted octanol–water partition coefficient (Wildman–Crippen LogP) is 4.75. The number of ether oxygens (including phenoxy) is 1. The molecule has 3 heterocycles. The smallest absolute Gasteiger partial charge is 0.305 e. The number of fused-ring (bicyclic) bond motifs is 1. The summed E-state index contributed by atoms with van der Waals surface area (Å²) in [6, 6.07) is 6.09. The average molecular weight is 408 g/mol. The van der Waals surface area contributed by atoms with E-state index < -0.39 is 0 Å². The lowest BCUT2D eigenvalue weighted by Gasteiger charge is -2.16. The van der Waals surface area contributed by atoms with E-state index in [1.54, 1.807) is 13.1 Å². The summed E-state index contributed by atoms with van der Waals surface area (Å²) in [5.41, 5.74) is 6.81. The number of ketones is 1. The molecule has 6 heteroatoms. The minimum atomic E-state index is -0.152. The first-order chi connectivity index (χ1) is 14.5. The molecule has 0 aliphatic heterocycles. The Morgan fingerprint density at radius 3 is 2.63 bits per heavy atom. The Morgan fingerprint density at radius 1 is 1.13 bits per heavy atom. The molecule has 0 atom stereocenters. The number of aryl methyl sites for hydroxylation is 2. The summed E-state index contributed by atoms with van der Waals surface area (Å²) < 4.78 is 7.02. The van der Waals surface area contributed by atoms with Crippen molar-refractivity contribution in [3.8, 4) is 11.1 Å². The normalized spacial score (nSPS) is 11.1. The first-order valence-electron chi connectivity index (χ1n) is 10.6. The number of rotatable bonds is 9. The van der Waals surface area contributed by atoms with Crippen LogP contribution in [0.3, 0.4) is 0 Å². The maximum Gasteiger partial charge on any atom is 0.305 e. The molecule has 3 aromatic rings. The number of nitrogens with zero attached hydrogens (tertiary/aromatic N) is 3. The fraction of sp³-hybridized carbons (Fsp3) is 0.417.